The molecule has 2 aromatic carbocycles. The maximum atomic E-state index is 11.8. The Bertz CT molecular complexity index is 702. The quantitative estimate of drug-likeness (QED) is 0.454. The van der Waals surface area contributed by atoms with Crippen molar-refractivity contribution in [2.45, 2.75) is 13.0 Å². The number of carbonyl (C=O) groups excluding carboxylic acids is 1. The molecule has 0 bridgehead atoms. The number of hydrogen-bond donors (Lipinski definition) is 0. The summed E-state index contributed by atoms with van der Waals surface area (Å²) >= 11 is 6.04. The average molecular weight is 336 g/mol. The zero-order chi connectivity index (χ0) is 16.8. The summed E-state index contributed by atoms with van der Waals surface area (Å²) < 4.78 is 10.5. The van der Waals surface area contributed by atoms with Crippen LogP contribution < -0.4 is 4.74 Å². The Morgan fingerprint density at radius 3 is 2.48 bits per heavy atom. The fourth-order valence-corrected chi connectivity index (χ4v) is 2.20. The Morgan fingerprint density at radius 1 is 1.22 bits per heavy atom. The van der Waals surface area contributed by atoms with Crippen molar-refractivity contribution < 1.29 is 19.2 Å². The number of carbonyl (C=O) groups is 1. The zero-order valence-corrected chi connectivity index (χ0v) is 13.0. The van der Waals surface area contributed by atoms with E-state index >= 15 is 0 Å². The van der Waals surface area contributed by atoms with Crippen LogP contribution in [-0.4, -0.2) is 17.5 Å². The highest BCUT2D eigenvalue weighted by Gasteiger charge is 2.15. The van der Waals surface area contributed by atoms with Crippen LogP contribution in [0.3, 0.4) is 0 Å². The van der Waals surface area contributed by atoms with Gasteiger partial charge in [-0.3, -0.25) is 10.1 Å². The molecule has 120 valence electrons. The van der Waals surface area contributed by atoms with Gasteiger partial charge in [0.05, 0.1) is 4.92 Å². The fraction of sp³-hybridized carbons (Fsp3) is 0.188. The number of halogens is 1. The van der Waals surface area contributed by atoms with Gasteiger partial charge < -0.3 is 9.47 Å². The van der Waals surface area contributed by atoms with Gasteiger partial charge in [-0.25, -0.2) is 4.79 Å². The Hall–Kier alpha value is -2.60. The van der Waals surface area contributed by atoms with E-state index in [0.29, 0.717) is 16.3 Å². The van der Waals surface area contributed by atoms with Crippen molar-refractivity contribution in [3.63, 3.8) is 0 Å². The van der Waals surface area contributed by atoms with Gasteiger partial charge in [0, 0.05) is 22.7 Å². The minimum Gasteiger partial charge on any atom is -0.482 e. The van der Waals surface area contributed by atoms with Crippen LogP contribution in [0.4, 0.5) is 5.69 Å². The number of esters is 1. The lowest BCUT2D eigenvalue weighted by atomic mass is 10.1. The molecule has 6 nitrogen and oxygen atoms in total. The van der Waals surface area contributed by atoms with Crippen LogP contribution in [0.2, 0.25) is 5.02 Å². The molecule has 2 rings (SSSR count). The maximum absolute atomic E-state index is 11.8. The Kier molecular flexibility index (Phi) is 5.54. The van der Waals surface area contributed by atoms with E-state index in [9.17, 15) is 14.9 Å². The molecule has 0 aliphatic carbocycles. The van der Waals surface area contributed by atoms with Gasteiger partial charge in [0.2, 0.25) is 0 Å². The summed E-state index contributed by atoms with van der Waals surface area (Å²) in [4.78, 5) is 21.8. The molecule has 0 spiro atoms. The molecule has 0 unspecified atom stereocenters. The number of nitro groups is 1. The molecule has 7 heteroatoms. The monoisotopic (exact) mass is 335 g/mol. The predicted octanol–water partition coefficient (Wildman–Crippen LogP) is 3.93. The minimum absolute atomic E-state index is 0.0488. The van der Waals surface area contributed by atoms with Gasteiger partial charge in [-0.1, -0.05) is 29.8 Å². The molecule has 0 fully saturated rings. The topological polar surface area (TPSA) is 78.7 Å². The molecule has 0 amide bonds. The Labute approximate surface area is 137 Å². The Balaban J connectivity index is 1.87. The molecule has 2 aromatic rings. The van der Waals surface area contributed by atoms with E-state index in [1.165, 1.54) is 24.3 Å². The second-order valence-electron chi connectivity index (χ2n) is 4.69. The predicted molar refractivity (Wildman–Crippen MR) is 84.6 cm³/mol. The van der Waals surface area contributed by atoms with Crippen LogP contribution in [0.5, 0.6) is 5.75 Å². The summed E-state index contributed by atoms with van der Waals surface area (Å²) in [6.45, 7) is 1.41. The van der Waals surface area contributed by atoms with E-state index in [4.69, 9.17) is 21.1 Å². The van der Waals surface area contributed by atoms with E-state index in [2.05, 4.69) is 0 Å². The highest BCUT2D eigenvalue weighted by molar-refractivity contribution is 6.31. The fourth-order valence-electron chi connectivity index (χ4n) is 1.91. The summed E-state index contributed by atoms with van der Waals surface area (Å²) in [5.41, 5.74) is 0.658. The number of ether oxygens (including phenoxy) is 2. The molecule has 1 atom stereocenters. The molecule has 0 N–H and O–H groups in total. The minimum atomic E-state index is -0.559. The van der Waals surface area contributed by atoms with Gasteiger partial charge in [0.25, 0.3) is 5.69 Å². The second-order valence-corrected chi connectivity index (χ2v) is 5.10. The van der Waals surface area contributed by atoms with E-state index < -0.39 is 17.0 Å². The number of nitrogens with zero attached hydrogens (tertiary/aromatic N) is 1. The third-order valence-electron chi connectivity index (χ3n) is 3.06. The third kappa shape index (κ3) is 4.69. The van der Waals surface area contributed by atoms with Gasteiger partial charge >= 0.3 is 5.97 Å². The van der Waals surface area contributed by atoms with Crippen LogP contribution in [0.25, 0.3) is 0 Å². The second kappa shape index (κ2) is 7.60. The number of nitro benzene ring substituents is 1. The lowest BCUT2D eigenvalue weighted by Gasteiger charge is -2.15. The molecule has 0 aromatic heterocycles. The Morgan fingerprint density at radius 2 is 1.87 bits per heavy atom. The summed E-state index contributed by atoms with van der Waals surface area (Å²) in [6.07, 6.45) is -0.503. The molecule has 0 heterocycles. The first-order chi connectivity index (χ1) is 11.0. The first-order valence-corrected chi connectivity index (χ1v) is 7.16. The van der Waals surface area contributed by atoms with Gasteiger partial charge in [0.15, 0.2) is 6.61 Å². The van der Waals surface area contributed by atoms with Crippen molar-refractivity contribution >= 4 is 23.3 Å². The lowest BCUT2D eigenvalue weighted by Crippen LogP contribution is -2.17. The van der Waals surface area contributed by atoms with Gasteiger partial charge in [-0.05, 0) is 25.1 Å². The largest absolute Gasteiger partial charge is 0.482 e. The first kappa shape index (κ1) is 16.8. The smallest absolute Gasteiger partial charge is 0.344 e. The SMILES string of the molecule is C[C@H](OC(=O)COc1ccc([N+](=O)[O-])cc1)c1ccccc1Cl. The van der Waals surface area contributed by atoms with Crippen LogP contribution in [0.15, 0.2) is 48.5 Å². The number of benzene rings is 2. The van der Waals surface area contributed by atoms with E-state index in [0.717, 1.165) is 0 Å². The molecule has 0 saturated carbocycles. The molecule has 23 heavy (non-hydrogen) atoms. The van der Waals surface area contributed by atoms with Crippen LogP contribution in [-0.2, 0) is 9.53 Å². The van der Waals surface area contributed by atoms with E-state index in [1.807, 2.05) is 0 Å². The van der Waals surface area contributed by atoms with Crippen LogP contribution in [0, 0.1) is 10.1 Å². The van der Waals surface area contributed by atoms with Crippen molar-refractivity contribution in [3.05, 3.63) is 69.2 Å². The van der Waals surface area contributed by atoms with Crippen molar-refractivity contribution in [1.82, 2.24) is 0 Å². The molecular formula is C16H14ClNO5. The maximum Gasteiger partial charge on any atom is 0.344 e. The first-order valence-electron chi connectivity index (χ1n) is 6.78. The van der Waals surface area contributed by atoms with Gasteiger partial charge in [-0.2, -0.15) is 0 Å². The third-order valence-corrected chi connectivity index (χ3v) is 3.40. The zero-order valence-electron chi connectivity index (χ0n) is 12.3. The highest BCUT2D eigenvalue weighted by Crippen LogP contribution is 2.25. The summed E-state index contributed by atoms with van der Waals surface area (Å²) in [5, 5.41) is 11.1. The van der Waals surface area contributed by atoms with Crippen LogP contribution in [0.1, 0.15) is 18.6 Å². The summed E-state index contributed by atoms with van der Waals surface area (Å²) in [7, 11) is 0. The molecule has 0 radical (unpaired) electrons. The number of hydrogen-bond acceptors (Lipinski definition) is 5. The van der Waals surface area contributed by atoms with Crippen LogP contribution >= 0.6 is 11.6 Å². The van der Waals surface area contributed by atoms with E-state index in [1.54, 1.807) is 31.2 Å². The number of non-ortho nitro benzene ring substituents is 1. The average Bonchev–Trinajstić information content (AvgIpc) is 2.53. The number of rotatable bonds is 6. The highest BCUT2D eigenvalue weighted by atomic mass is 35.5. The molecule has 0 saturated heterocycles. The van der Waals surface area contributed by atoms with Crippen molar-refractivity contribution in [3.8, 4) is 5.75 Å². The lowest BCUT2D eigenvalue weighted by molar-refractivity contribution is -0.384. The van der Waals surface area contributed by atoms with Crippen molar-refractivity contribution in [1.29, 1.82) is 0 Å². The van der Waals surface area contributed by atoms with E-state index in [-0.39, 0.29) is 12.3 Å². The van der Waals surface area contributed by atoms with Crippen molar-refractivity contribution in [2.24, 2.45) is 0 Å². The summed E-state index contributed by atoms with van der Waals surface area (Å²) in [5.74, 6) is -0.214. The molecule has 0 aliphatic heterocycles. The molecule has 0 aliphatic rings. The normalized spacial score (nSPS) is 11.6. The van der Waals surface area contributed by atoms with Gasteiger partial charge in [0.1, 0.15) is 11.9 Å². The summed E-state index contributed by atoms with van der Waals surface area (Å²) in [6, 6.07) is 12.5. The standard InChI is InChI=1S/C16H14ClNO5/c1-11(14-4-2-3-5-15(14)17)23-16(19)10-22-13-8-6-12(7-9-13)18(20)21/h2-9,11H,10H2,1H3/t11-/m0/s1. The molecular weight excluding hydrogens is 322 g/mol. The van der Waals surface area contributed by atoms with Gasteiger partial charge in [-0.15, -0.1) is 0 Å². The van der Waals surface area contributed by atoms with Crippen molar-refractivity contribution in [2.75, 3.05) is 6.61 Å².